The van der Waals surface area contributed by atoms with Gasteiger partial charge in [-0.05, 0) is 96.5 Å². The van der Waals surface area contributed by atoms with Gasteiger partial charge >= 0.3 is 0 Å². The Bertz CT molecular complexity index is 2690. The number of thiocarbonyl (C=S) groups is 5. The molecule has 14 N–H and O–H groups in total. The Labute approximate surface area is 560 Å². The molecule has 0 aromatic carbocycles. The molecule has 1 aliphatic heterocycles. The molecule has 7 amide bonds. The van der Waals surface area contributed by atoms with Crippen LogP contribution in [0.5, 0.6) is 0 Å². The zero-order valence-corrected chi connectivity index (χ0v) is 59.5. The molecule has 32 heteroatoms. The van der Waals surface area contributed by atoms with Crippen LogP contribution in [0.1, 0.15) is 127 Å². The number of aryl methyl sites for hydroxylation is 2. The van der Waals surface area contributed by atoms with Crippen LogP contribution in [-0.4, -0.2) is 177 Å². The third-order valence-corrected chi connectivity index (χ3v) is 17.7. The highest BCUT2D eigenvalue weighted by Crippen LogP contribution is 2.19. The van der Waals surface area contributed by atoms with E-state index in [-0.39, 0.29) is 53.6 Å². The van der Waals surface area contributed by atoms with E-state index in [1.807, 2.05) is 47.8 Å². The van der Waals surface area contributed by atoms with E-state index in [0.29, 0.717) is 38.5 Å². The number of thioether (sulfide) groups is 2. The van der Waals surface area contributed by atoms with Crippen LogP contribution in [-0.2, 0) is 52.5 Å². The van der Waals surface area contributed by atoms with Gasteiger partial charge in [0.2, 0.25) is 41.8 Å². The van der Waals surface area contributed by atoms with Gasteiger partial charge in [0.05, 0.1) is 69.2 Å². The van der Waals surface area contributed by atoms with E-state index in [1.165, 1.54) is 32.4 Å². The fourth-order valence-corrected chi connectivity index (χ4v) is 11.3. The lowest BCUT2D eigenvalue weighted by Crippen LogP contribution is -3.00. The first-order valence-electron chi connectivity index (χ1n) is 28.8. The summed E-state index contributed by atoms with van der Waals surface area (Å²) in [6, 6.07) is -10.1. The van der Waals surface area contributed by atoms with Crippen molar-refractivity contribution >= 4 is 157 Å². The molecular weight excluding hydrogens is 1290 g/mol. The van der Waals surface area contributed by atoms with Crippen LogP contribution in [0.3, 0.4) is 0 Å². The molecule has 88 heavy (non-hydrogen) atoms. The van der Waals surface area contributed by atoms with Crippen molar-refractivity contribution in [3.05, 3.63) is 29.8 Å². The number of rotatable bonds is 26. The molecule has 24 nitrogen and oxygen atoms in total. The lowest BCUT2D eigenvalue weighted by Gasteiger charge is -2.32. The van der Waals surface area contributed by atoms with Gasteiger partial charge < -0.3 is 86.4 Å². The molecule has 1 aliphatic rings. The minimum atomic E-state index is -1.92. The van der Waals surface area contributed by atoms with Crippen molar-refractivity contribution in [3.63, 3.8) is 0 Å². The largest absolute Gasteiger partial charge is 1.00 e. The van der Waals surface area contributed by atoms with Crippen molar-refractivity contribution in [2.45, 2.75) is 194 Å². The number of aliphatic hydroxyl groups is 2. The van der Waals surface area contributed by atoms with E-state index in [1.54, 1.807) is 75.2 Å². The molecule has 496 valence electrons. The summed E-state index contributed by atoms with van der Waals surface area (Å²) >= 11 is 31.6. The number of Topliss-reactive ketones (excluding diaryl/α,β-unsaturated/α-hetero) is 1. The molecule has 14 atom stereocenters. The number of halogens is 1. The molecule has 0 saturated heterocycles. The van der Waals surface area contributed by atoms with Crippen molar-refractivity contribution in [1.29, 1.82) is 0 Å². The summed E-state index contributed by atoms with van der Waals surface area (Å²) in [7, 11) is 3.39. The number of hydrogen-bond donors (Lipinski definition) is 14. The number of nitrogens with zero attached hydrogens (tertiary/aromatic N) is 2. The number of imidazole rings is 1. The second-order valence-electron chi connectivity index (χ2n) is 23.0. The molecular formula is C56H93ClN14O10S7. The summed E-state index contributed by atoms with van der Waals surface area (Å²) in [6.07, 6.45) is 5.74. The van der Waals surface area contributed by atoms with E-state index in [9.17, 15) is 48.6 Å². The lowest BCUT2D eigenvalue weighted by atomic mass is 9.96. The summed E-state index contributed by atoms with van der Waals surface area (Å²) in [5.74, 6) is -5.48. The van der Waals surface area contributed by atoms with Gasteiger partial charge in [0.1, 0.15) is 59.9 Å². The second-order valence-corrected chi connectivity index (χ2v) is 27.1. The zero-order valence-electron chi connectivity index (χ0n) is 53.0. The smallest absolute Gasteiger partial charge is 0.252 e. The third-order valence-electron chi connectivity index (χ3n) is 14.0. The monoisotopic (exact) mass is 1380 g/mol. The summed E-state index contributed by atoms with van der Waals surface area (Å²) < 4.78 is 3.26. The predicted octanol–water partition coefficient (Wildman–Crippen LogP) is -2.11. The van der Waals surface area contributed by atoms with Crippen LogP contribution in [0.25, 0.3) is 0 Å². The van der Waals surface area contributed by atoms with Gasteiger partial charge in [-0.15, -0.1) is 11.8 Å². The van der Waals surface area contributed by atoms with Gasteiger partial charge in [-0.2, -0.15) is 11.8 Å². The quantitative estimate of drug-likeness (QED) is 0.0349. The van der Waals surface area contributed by atoms with Gasteiger partial charge in [0, 0.05) is 18.4 Å². The Kier molecular flexibility index (Phi) is 35.9. The zero-order chi connectivity index (χ0) is 66.4. The van der Waals surface area contributed by atoms with Gasteiger partial charge in [-0.25, -0.2) is 9.13 Å². The number of carbonyl (C=O) groups is 8. The van der Waals surface area contributed by atoms with Crippen LogP contribution >= 0.6 is 84.6 Å². The maximum Gasteiger partial charge on any atom is 0.252 e. The Balaban J connectivity index is 0.0000387. The number of nitrogens with one attached hydrogen (secondary N) is 12. The second kappa shape index (κ2) is 38.8. The molecule has 0 saturated carbocycles. The molecule has 0 spiro atoms. The summed E-state index contributed by atoms with van der Waals surface area (Å²) in [4.78, 5) is 110. The van der Waals surface area contributed by atoms with Gasteiger partial charge in [0.15, 0.2) is 5.69 Å². The molecule has 0 aliphatic carbocycles. The van der Waals surface area contributed by atoms with Gasteiger partial charge in [-0.1, -0.05) is 109 Å². The van der Waals surface area contributed by atoms with Crippen molar-refractivity contribution in [2.75, 3.05) is 17.8 Å². The molecule has 1 aromatic heterocycles. The summed E-state index contributed by atoms with van der Waals surface area (Å²) in [5.41, 5.74) is -1.62. The first-order valence-corrected chi connectivity index (χ1v) is 33.3. The highest BCUT2D eigenvalue weighted by molar-refractivity contribution is 8.02. The molecule has 1 aromatic rings. The van der Waals surface area contributed by atoms with Crippen molar-refractivity contribution in [1.82, 2.24) is 68.4 Å². The van der Waals surface area contributed by atoms with Crippen LogP contribution in [0, 0.1) is 17.8 Å². The molecule has 2 rings (SSSR count). The number of ketones is 1. The van der Waals surface area contributed by atoms with Crippen LogP contribution in [0.4, 0.5) is 0 Å². The molecule has 2 unspecified atom stereocenters. The highest BCUT2D eigenvalue weighted by atomic mass is 35.5. The third kappa shape index (κ3) is 26.6. The summed E-state index contributed by atoms with van der Waals surface area (Å²) in [5, 5.41) is 58.7. The first kappa shape index (κ1) is 81.3. The number of hydrogen-bond acceptors (Lipinski definition) is 17. The average molecular weight is 1380 g/mol. The Morgan fingerprint density at radius 2 is 1.32 bits per heavy atom. The first-order chi connectivity index (χ1) is 40.5. The predicted molar refractivity (Wildman–Crippen MR) is 362 cm³/mol. The Hall–Kier alpha value is -4.73. The van der Waals surface area contributed by atoms with Crippen LogP contribution < -0.4 is 80.8 Å². The van der Waals surface area contributed by atoms with E-state index in [4.69, 9.17) is 61.1 Å². The maximum atomic E-state index is 14.3. The van der Waals surface area contributed by atoms with Gasteiger partial charge in [-0.3, -0.25) is 38.4 Å². The van der Waals surface area contributed by atoms with Crippen LogP contribution in [0.15, 0.2) is 24.1 Å². The van der Waals surface area contributed by atoms with E-state index < -0.39 is 125 Å². The Morgan fingerprint density at radius 1 is 0.773 bits per heavy atom. The number of aliphatic hydroxyl groups excluding tert-OH is 1. The highest BCUT2D eigenvalue weighted by Gasteiger charge is 2.39. The fraction of sp³-hybridized carbons (Fsp3) is 0.679. The van der Waals surface area contributed by atoms with E-state index >= 15 is 0 Å². The number of aromatic nitrogens is 2. The molecule has 2 heterocycles. The van der Waals surface area contributed by atoms with Gasteiger partial charge in [0.25, 0.3) is 5.91 Å². The number of amides is 7. The molecule has 0 fully saturated rings. The van der Waals surface area contributed by atoms with E-state index in [0.717, 1.165) is 17.5 Å². The fourth-order valence-electron chi connectivity index (χ4n) is 8.63. The lowest BCUT2D eigenvalue weighted by molar-refractivity contribution is -0.671. The minimum absolute atomic E-state index is 0. The SMILES string of the molecule is CC[C@H](C)[C@@H]1NC(=O)[C@@H](NC(=O)[C@H](C)NC(=S)[C@H](C)NC(=S)[C@H](C)NC(=S)[C@H](C)NC(=S)[C@H](CCSC)NC(=S)[C@@H](NC(=O)C(C)(O)CC(C)=O)C(C)C)CS/C=C\NC(=O)[C@H](C(O)c2c[n+](C)cn2C)NC(=O)[C@H](CC(C)C)NC(=O)[C@H](C)NC1=O.[Cl-]. The van der Waals surface area contributed by atoms with E-state index in [2.05, 4.69) is 63.8 Å². The number of carbonyl (C=O) groups excluding carboxylic acids is 8. The topological polar surface area (TPSA) is 330 Å². The Morgan fingerprint density at radius 3 is 1.82 bits per heavy atom. The van der Waals surface area contributed by atoms with Crippen LogP contribution in [0.2, 0.25) is 0 Å². The maximum absolute atomic E-state index is 14.3. The molecule has 0 radical (unpaired) electrons. The minimum Gasteiger partial charge on any atom is -1.00 e. The summed E-state index contributed by atoms with van der Waals surface area (Å²) in [6.45, 7) is 21.9. The van der Waals surface area contributed by atoms with Crippen molar-refractivity contribution < 1.29 is 65.5 Å². The van der Waals surface area contributed by atoms with Crippen molar-refractivity contribution in [2.24, 2.45) is 31.8 Å². The standard InChI is InChI=1S/C56H92N14O10S7.ClH/c1-17-29(6)41-49(78)58-31(8)44(73)63-37(22-27(2)3)46(75)67-42(43(72)39-24-69(14)26-70(39)15)48(77)57-19-21-87-25-38(47(76)66-41)64-45(74)32(9)59-50(81)33(10)60-51(82)34(11)61-52(83)35(12)62-53(84)36(18-20-86-16)65-54(85)40(28(4)5)68-55(79)56(13,80)23-30(7)71;/h19,21,24,26-29,31-38,40-43,72,80H,17-18,20,22-23,25H2,1-16H3,(H11-,57,58,59,60,61,62,63,64,65,66,67,68,73,74,75,76,77,78,79,81,82,83,84,85);1H/b21-19-;/t29-,31-,32-,33-,34-,35-,36-,37-,38-,40-,41-,42-,43?,56?;/m0./s1. The normalized spacial score (nSPS) is 21.8. The van der Waals surface area contributed by atoms with Crippen molar-refractivity contribution in [3.8, 4) is 0 Å². The average Bonchev–Trinajstić information content (AvgIpc) is 4.00. The molecule has 0 bridgehead atoms.